The van der Waals surface area contributed by atoms with Crippen LogP contribution in [0.5, 0.6) is 0 Å². The molecule has 1 aliphatic heterocycles. The third-order valence-electron chi connectivity index (χ3n) is 4.77. The van der Waals surface area contributed by atoms with Crippen LogP contribution in [-0.2, 0) is 14.8 Å². The van der Waals surface area contributed by atoms with Gasteiger partial charge in [-0.3, -0.25) is 15.5 Å². The van der Waals surface area contributed by atoms with Crippen molar-refractivity contribution in [1.82, 2.24) is 4.31 Å². The van der Waals surface area contributed by atoms with Gasteiger partial charge in [0, 0.05) is 25.2 Å². The number of nitro benzene ring substituents is 1. The van der Waals surface area contributed by atoms with E-state index >= 15 is 0 Å². The zero-order valence-electron chi connectivity index (χ0n) is 16.8. The Hall–Kier alpha value is -2.82. The van der Waals surface area contributed by atoms with Gasteiger partial charge < -0.3 is 4.74 Å². The van der Waals surface area contributed by atoms with Gasteiger partial charge >= 0.3 is 0 Å². The number of non-ortho nitro benzene ring substituents is 1. The molecule has 30 heavy (non-hydrogen) atoms. The largest absolute Gasteiger partial charge is 0.379 e. The number of hydrogen-bond donors (Lipinski definition) is 1. The van der Waals surface area contributed by atoms with E-state index in [9.17, 15) is 18.5 Å². The third-order valence-corrected chi connectivity index (χ3v) is 6.70. The monoisotopic (exact) mass is 432 g/mol. The second-order valence-electron chi connectivity index (χ2n) is 7.15. The van der Waals surface area contributed by atoms with Gasteiger partial charge in [-0.15, -0.1) is 0 Å². The van der Waals surface area contributed by atoms with Gasteiger partial charge in [0.25, 0.3) is 5.69 Å². The first-order chi connectivity index (χ1) is 14.3. The van der Waals surface area contributed by atoms with Crippen LogP contribution in [0.4, 0.5) is 11.4 Å². The molecule has 0 aliphatic carbocycles. The van der Waals surface area contributed by atoms with Crippen LogP contribution in [-0.4, -0.2) is 50.2 Å². The fraction of sp³-hybridized carbons (Fsp3) is 0.350. The van der Waals surface area contributed by atoms with Gasteiger partial charge in [-0.2, -0.15) is 9.41 Å². The number of ether oxygens (including phenoxy) is 1. The lowest BCUT2D eigenvalue weighted by Gasteiger charge is -2.26. The second kappa shape index (κ2) is 9.33. The van der Waals surface area contributed by atoms with E-state index in [0.717, 1.165) is 11.6 Å². The summed E-state index contributed by atoms with van der Waals surface area (Å²) in [6, 6.07) is 11.5. The number of benzene rings is 2. The van der Waals surface area contributed by atoms with Crippen molar-refractivity contribution in [3.05, 3.63) is 63.7 Å². The van der Waals surface area contributed by atoms with E-state index < -0.39 is 14.9 Å². The number of anilines is 1. The summed E-state index contributed by atoms with van der Waals surface area (Å²) in [7, 11) is -3.95. The number of hydrogen-bond acceptors (Lipinski definition) is 7. The zero-order chi connectivity index (χ0) is 21.7. The fourth-order valence-corrected chi connectivity index (χ4v) is 4.57. The van der Waals surface area contributed by atoms with Crippen LogP contribution in [0.1, 0.15) is 30.9 Å². The predicted octanol–water partition coefficient (Wildman–Crippen LogP) is 3.19. The van der Waals surface area contributed by atoms with Gasteiger partial charge in [-0.1, -0.05) is 38.1 Å². The van der Waals surface area contributed by atoms with Gasteiger partial charge in [0.1, 0.15) is 4.90 Å². The first kappa shape index (κ1) is 21.9. The summed E-state index contributed by atoms with van der Waals surface area (Å²) >= 11 is 0. The summed E-state index contributed by atoms with van der Waals surface area (Å²) in [6.45, 7) is 5.15. The molecule has 1 aliphatic rings. The van der Waals surface area contributed by atoms with Crippen LogP contribution in [0, 0.1) is 10.1 Å². The summed E-state index contributed by atoms with van der Waals surface area (Å²) in [4.78, 5) is 10.4. The smallest absolute Gasteiger partial charge is 0.270 e. The summed E-state index contributed by atoms with van der Waals surface area (Å²) in [5.41, 5.74) is 4.63. The minimum absolute atomic E-state index is 0.169. The molecule has 3 rings (SSSR count). The molecular weight excluding hydrogens is 408 g/mol. The van der Waals surface area contributed by atoms with E-state index in [1.54, 1.807) is 6.21 Å². The molecule has 0 unspecified atom stereocenters. The number of hydrazone groups is 1. The Bertz CT molecular complexity index is 1030. The standard InChI is InChI=1S/C20H24N4O5S/c1-15(2)17-5-3-16(4-6-17)14-21-22-19-8-7-18(24(25)26)13-20(19)30(27,28)23-9-11-29-12-10-23/h3-8,13-15,22H,9-12H2,1-2H3/b21-14+. The molecule has 160 valence electrons. The Morgan fingerprint density at radius 3 is 2.43 bits per heavy atom. The minimum atomic E-state index is -3.95. The Balaban J connectivity index is 1.87. The SMILES string of the molecule is CC(C)c1ccc(/C=N/Nc2ccc([N+](=O)[O-])cc2S(=O)(=O)N2CCOCC2)cc1. The minimum Gasteiger partial charge on any atom is -0.379 e. The first-order valence-corrected chi connectivity index (χ1v) is 11.0. The van der Waals surface area contributed by atoms with Crippen LogP contribution in [0.2, 0.25) is 0 Å². The highest BCUT2D eigenvalue weighted by Crippen LogP contribution is 2.29. The summed E-state index contributed by atoms with van der Waals surface area (Å²) in [6.07, 6.45) is 1.57. The Kier molecular flexibility index (Phi) is 6.80. The van der Waals surface area contributed by atoms with Gasteiger partial charge in [0.2, 0.25) is 10.0 Å². The quantitative estimate of drug-likeness (QED) is 0.408. The highest BCUT2D eigenvalue weighted by Gasteiger charge is 2.30. The molecule has 1 N–H and O–H groups in total. The van der Waals surface area contributed by atoms with E-state index in [0.29, 0.717) is 5.92 Å². The summed E-state index contributed by atoms with van der Waals surface area (Å²) in [5.74, 6) is 0.419. The van der Waals surface area contributed by atoms with Crippen molar-refractivity contribution in [2.75, 3.05) is 31.7 Å². The molecule has 2 aromatic carbocycles. The van der Waals surface area contributed by atoms with E-state index in [2.05, 4.69) is 24.4 Å². The van der Waals surface area contributed by atoms with Crippen LogP contribution in [0.15, 0.2) is 52.5 Å². The van der Waals surface area contributed by atoms with E-state index in [1.807, 2.05) is 24.3 Å². The van der Waals surface area contributed by atoms with Crippen molar-refractivity contribution < 1.29 is 18.1 Å². The maximum Gasteiger partial charge on any atom is 0.270 e. The average molecular weight is 433 g/mol. The molecule has 0 amide bonds. The Labute approximate surface area is 175 Å². The molecule has 0 saturated carbocycles. The number of morpholine rings is 1. The van der Waals surface area contributed by atoms with Crippen molar-refractivity contribution in [1.29, 1.82) is 0 Å². The molecule has 0 bridgehead atoms. The highest BCUT2D eigenvalue weighted by atomic mass is 32.2. The average Bonchev–Trinajstić information content (AvgIpc) is 2.74. The number of nitro groups is 1. The van der Waals surface area contributed by atoms with Crippen molar-refractivity contribution in [2.45, 2.75) is 24.7 Å². The second-order valence-corrected chi connectivity index (χ2v) is 9.05. The fourth-order valence-electron chi connectivity index (χ4n) is 3.00. The highest BCUT2D eigenvalue weighted by molar-refractivity contribution is 7.89. The molecule has 0 spiro atoms. The number of sulfonamides is 1. The number of rotatable bonds is 7. The topological polar surface area (TPSA) is 114 Å². The Morgan fingerprint density at radius 2 is 1.83 bits per heavy atom. The molecule has 2 aromatic rings. The third kappa shape index (κ3) is 5.02. The maximum atomic E-state index is 13.1. The summed E-state index contributed by atoms with van der Waals surface area (Å²) in [5, 5.41) is 15.3. The van der Waals surface area contributed by atoms with Crippen molar-refractivity contribution in [3.63, 3.8) is 0 Å². The first-order valence-electron chi connectivity index (χ1n) is 9.54. The van der Waals surface area contributed by atoms with Gasteiger partial charge in [-0.25, -0.2) is 8.42 Å². The lowest BCUT2D eigenvalue weighted by Crippen LogP contribution is -2.40. The molecule has 0 aromatic heterocycles. The molecule has 1 heterocycles. The Morgan fingerprint density at radius 1 is 1.17 bits per heavy atom. The molecule has 9 nitrogen and oxygen atoms in total. The molecule has 0 atom stereocenters. The van der Waals surface area contributed by atoms with Crippen LogP contribution >= 0.6 is 0 Å². The molecule has 1 fully saturated rings. The lowest BCUT2D eigenvalue weighted by molar-refractivity contribution is -0.385. The van der Waals surface area contributed by atoms with Crippen molar-refractivity contribution >= 4 is 27.6 Å². The number of nitrogens with zero attached hydrogens (tertiary/aromatic N) is 3. The van der Waals surface area contributed by atoms with E-state index in [4.69, 9.17) is 4.74 Å². The van der Waals surface area contributed by atoms with Crippen LogP contribution in [0.3, 0.4) is 0 Å². The predicted molar refractivity (Wildman–Crippen MR) is 114 cm³/mol. The maximum absolute atomic E-state index is 13.1. The molecule has 10 heteroatoms. The number of nitrogens with one attached hydrogen (secondary N) is 1. The zero-order valence-corrected chi connectivity index (χ0v) is 17.6. The molecule has 0 radical (unpaired) electrons. The van der Waals surface area contributed by atoms with E-state index in [-0.39, 0.29) is 42.6 Å². The lowest BCUT2D eigenvalue weighted by atomic mass is 10.0. The van der Waals surface area contributed by atoms with Gasteiger partial charge in [0.15, 0.2) is 0 Å². The van der Waals surface area contributed by atoms with Gasteiger partial charge in [-0.05, 0) is 23.1 Å². The van der Waals surface area contributed by atoms with Crippen molar-refractivity contribution in [2.24, 2.45) is 5.10 Å². The van der Waals surface area contributed by atoms with Crippen LogP contribution in [0.25, 0.3) is 0 Å². The molecular formula is C20H24N4O5S. The summed E-state index contributed by atoms with van der Waals surface area (Å²) < 4.78 is 32.6. The van der Waals surface area contributed by atoms with E-state index in [1.165, 1.54) is 22.0 Å². The van der Waals surface area contributed by atoms with Crippen molar-refractivity contribution in [3.8, 4) is 0 Å². The van der Waals surface area contributed by atoms with Crippen LogP contribution < -0.4 is 5.43 Å². The normalized spacial score (nSPS) is 15.6. The molecule has 1 saturated heterocycles. The van der Waals surface area contributed by atoms with Gasteiger partial charge in [0.05, 0.1) is 30.0 Å².